The molecule has 2 amide bonds. The van der Waals surface area contributed by atoms with Crippen LogP contribution >= 0.6 is 11.8 Å². The van der Waals surface area contributed by atoms with Crippen molar-refractivity contribution in [3.8, 4) is 0 Å². The monoisotopic (exact) mass is 655 g/mol. The quantitative estimate of drug-likeness (QED) is 0.0795. The molecule has 0 saturated carbocycles. The Kier molecular flexibility index (Phi) is 11.6. The minimum atomic E-state index is -0.970. The Balaban J connectivity index is 1.21. The zero-order chi connectivity index (χ0) is 33.2. The fourth-order valence-corrected chi connectivity index (χ4v) is 6.05. The van der Waals surface area contributed by atoms with Crippen molar-refractivity contribution < 1.29 is 34.1 Å². The minimum absolute atomic E-state index is 0.0496. The number of carboxylic acids is 1. The molecule has 10 nitrogen and oxygen atoms in total. The average Bonchev–Trinajstić information content (AvgIpc) is 3.08. The summed E-state index contributed by atoms with van der Waals surface area (Å²) in [6.07, 6.45) is 0.113. The van der Waals surface area contributed by atoms with E-state index in [1.165, 1.54) is 0 Å². The van der Waals surface area contributed by atoms with E-state index >= 15 is 0 Å². The predicted molar refractivity (Wildman–Crippen MR) is 181 cm³/mol. The lowest BCUT2D eigenvalue weighted by Gasteiger charge is -2.36. The number of aliphatic hydroxyl groups excluding tert-OH is 1. The van der Waals surface area contributed by atoms with Crippen LogP contribution in [-0.2, 0) is 25.7 Å². The van der Waals surface area contributed by atoms with Crippen molar-refractivity contribution in [2.75, 3.05) is 22.1 Å². The number of nitrogen functional groups attached to an aromatic ring is 1. The van der Waals surface area contributed by atoms with Gasteiger partial charge in [-0.05, 0) is 66.1 Å². The van der Waals surface area contributed by atoms with Gasteiger partial charge in [-0.3, -0.25) is 9.59 Å². The molecule has 0 radical (unpaired) electrons. The van der Waals surface area contributed by atoms with Gasteiger partial charge in [0.25, 0.3) is 0 Å². The van der Waals surface area contributed by atoms with Gasteiger partial charge in [-0.25, -0.2) is 4.79 Å². The van der Waals surface area contributed by atoms with Crippen molar-refractivity contribution in [3.05, 3.63) is 119 Å². The SMILES string of the molecule is Nc1ccccc1NC(=O)CCCC(=O)Nc1cccc(C2OC(CSc3ccc(C(=O)O)cc3)CC(c3ccc(CO)cc3)O2)c1. The van der Waals surface area contributed by atoms with Gasteiger partial charge in [0, 0.05) is 41.2 Å². The highest BCUT2D eigenvalue weighted by Gasteiger charge is 2.32. The van der Waals surface area contributed by atoms with E-state index in [1.54, 1.807) is 66.4 Å². The lowest BCUT2D eigenvalue weighted by Crippen LogP contribution is -2.31. The summed E-state index contributed by atoms with van der Waals surface area (Å²) in [7, 11) is 0. The van der Waals surface area contributed by atoms with Crippen LogP contribution in [0, 0.1) is 0 Å². The van der Waals surface area contributed by atoms with Gasteiger partial charge >= 0.3 is 5.97 Å². The number of hydrogen-bond acceptors (Lipinski definition) is 8. The molecule has 4 aromatic carbocycles. The zero-order valence-electron chi connectivity index (χ0n) is 25.6. The third kappa shape index (κ3) is 9.66. The summed E-state index contributed by atoms with van der Waals surface area (Å²) in [4.78, 5) is 37.2. The molecule has 1 aliphatic heterocycles. The molecular weight excluding hydrogens is 618 g/mol. The first-order valence-electron chi connectivity index (χ1n) is 15.3. The summed E-state index contributed by atoms with van der Waals surface area (Å²) in [6.45, 7) is -0.0496. The van der Waals surface area contributed by atoms with Crippen LogP contribution in [0.1, 0.15) is 65.1 Å². The summed E-state index contributed by atoms with van der Waals surface area (Å²) in [5.74, 6) is -0.791. The number of anilines is 3. The summed E-state index contributed by atoms with van der Waals surface area (Å²) in [5, 5.41) is 24.4. The van der Waals surface area contributed by atoms with Crippen LogP contribution < -0.4 is 16.4 Å². The van der Waals surface area contributed by atoms with Gasteiger partial charge in [0.05, 0.1) is 35.8 Å². The van der Waals surface area contributed by atoms with Crippen molar-refractivity contribution in [1.82, 2.24) is 0 Å². The summed E-state index contributed by atoms with van der Waals surface area (Å²) in [5.41, 5.74) is 10.2. The van der Waals surface area contributed by atoms with Crippen molar-refractivity contribution in [2.24, 2.45) is 0 Å². The molecule has 1 fully saturated rings. The highest BCUT2D eigenvalue weighted by Crippen LogP contribution is 2.40. The molecule has 0 aliphatic carbocycles. The molecule has 6 N–H and O–H groups in total. The standard InChI is InChI=1S/C36H37N3O7S/c37-30-7-1-2-8-31(30)39-34(42)10-4-9-33(41)38-27-6-3-5-26(19-27)36-45-28(22-47-29-17-15-25(16-18-29)35(43)44)20-32(46-36)24-13-11-23(21-40)12-14-24/h1-3,5-8,11-19,28,32,36,40H,4,9-10,20-22,37H2,(H,38,41)(H,39,42)(H,43,44). The number of ether oxygens (including phenoxy) is 2. The van der Waals surface area contributed by atoms with E-state index in [4.69, 9.17) is 15.2 Å². The Labute approximate surface area is 277 Å². The van der Waals surface area contributed by atoms with Gasteiger partial charge < -0.3 is 36.1 Å². The number of benzene rings is 4. The summed E-state index contributed by atoms with van der Waals surface area (Å²) in [6, 6.07) is 28.7. The molecule has 0 bridgehead atoms. The number of para-hydroxylation sites is 2. The second kappa shape index (κ2) is 16.2. The number of amides is 2. The van der Waals surface area contributed by atoms with E-state index in [-0.39, 0.29) is 49.0 Å². The number of thioether (sulfide) groups is 1. The Morgan fingerprint density at radius 1 is 0.830 bits per heavy atom. The fraction of sp³-hybridized carbons (Fsp3) is 0.250. The number of aromatic carboxylic acids is 1. The molecule has 11 heteroatoms. The molecule has 4 aromatic rings. The Morgan fingerprint density at radius 3 is 2.26 bits per heavy atom. The number of carbonyl (C=O) groups excluding carboxylic acids is 2. The first-order valence-corrected chi connectivity index (χ1v) is 16.3. The van der Waals surface area contributed by atoms with Crippen molar-refractivity contribution in [2.45, 2.75) is 55.7 Å². The fourth-order valence-electron chi connectivity index (χ4n) is 5.13. The van der Waals surface area contributed by atoms with Gasteiger partial charge in [0.1, 0.15) is 0 Å². The van der Waals surface area contributed by atoms with Crippen molar-refractivity contribution >= 4 is 46.6 Å². The average molecular weight is 656 g/mol. The van der Waals surface area contributed by atoms with Gasteiger partial charge in [-0.15, -0.1) is 11.8 Å². The topological polar surface area (TPSA) is 160 Å². The van der Waals surface area contributed by atoms with Crippen LogP contribution in [0.2, 0.25) is 0 Å². The van der Waals surface area contributed by atoms with E-state index in [9.17, 15) is 24.6 Å². The largest absolute Gasteiger partial charge is 0.478 e. The van der Waals surface area contributed by atoms with Crippen molar-refractivity contribution in [1.29, 1.82) is 0 Å². The molecule has 244 valence electrons. The summed E-state index contributed by atoms with van der Waals surface area (Å²) >= 11 is 1.57. The van der Waals surface area contributed by atoms with Crippen LogP contribution in [0.5, 0.6) is 0 Å². The van der Waals surface area contributed by atoms with Crippen molar-refractivity contribution in [3.63, 3.8) is 0 Å². The predicted octanol–water partition coefficient (Wildman–Crippen LogP) is 6.54. The van der Waals surface area contributed by atoms with Crippen LogP contribution in [0.3, 0.4) is 0 Å². The molecule has 47 heavy (non-hydrogen) atoms. The Bertz CT molecular complexity index is 1680. The first-order chi connectivity index (χ1) is 22.8. The molecule has 0 spiro atoms. The van der Waals surface area contributed by atoms with Gasteiger partial charge in [0.15, 0.2) is 6.29 Å². The molecule has 5 rings (SSSR count). The number of aliphatic hydroxyl groups is 1. The maximum absolute atomic E-state index is 12.7. The molecule has 3 atom stereocenters. The van der Waals surface area contributed by atoms with E-state index in [0.29, 0.717) is 35.7 Å². The highest BCUT2D eigenvalue weighted by atomic mass is 32.2. The number of nitrogens with two attached hydrogens (primary N) is 1. The number of carboxylic acid groups (broad SMARTS) is 1. The Morgan fingerprint density at radius 2 is 1.55 bits per heavy atom. The van der Waals surface area contributed by atoms with Gasteiger partial charge in [-0.1, -0.05) is 48.5 Å². The lowest BCUT2D eigenvalue weighted by atomic mass is 10.0. The maximum atomic E-state index is 12.7. The van der Waals surface area contributed by atoms with Crippen LogP contribution in [0.25, 0.3) is 0 Å². The number of rotatable bonds is 13. The molecule has 1 heterocycles. The second-order valence-corrected chi connectivity index (χ2v) is 12.2. The van der Waals surface area contributed by atoms with Gasteiger partial charge in [-0.2, -0.15) is 0 Å². The molecule has 0 aromatic heterocycles. The normalized spacial score (nSPS) is 17.5. The minimum Gasteiger partial charge on any atom is -0.478 e. The number of nitrogens with one attached hydrogen (secondary N) is 2. The van der Waals surface area contributed by atoms with Crippen LogP contribution in [0.15, 0.2) is 102 Å². The second-order valence-electron chi connectivity index (χ2n) is 11.2. The van der Waals surface area contributed by atoms with E-state index in [1.807, 2.05) is 42.5 Å². The zero-order valence-corrected chi connectivity index (χ0v) is 26.5. The van der Waals surface area contributed by atoms with Crippen LogP contribution in [0.4, 0.5) is 17.1 Å². The van der Waals surface area contributed by atoms with Crippen LogP contribution in [-0.4, -0.2) is 39.9 Å². The molecule has 1 saturated heterocycles. The lowest BCUT2D eigenvalue weighted by molar-refractivity contribution is -0.245. The number of hydrogen-bond donors (Lipinski definition) is 5. The van der Waals surface area contributed by atoms with E-state index in [0.717, 1.165) is 21.6 Å². The third-order valence-corrected chi connectivity index (χ3v) is 8.78. The number of carbonyl (C=O) groups is 3. The highest BCUT2D eigenvalue weighted by molar-refractivity contribution is 7.99. The van der Waals surface area contributed by atoms with E-state index < -0.39 is 12.3 Å². The third-order valence-electron chi connectivity index (χ3n) is 7.64. The molecule has 1 aliphatic rings. The smallest absolute Gasteiger partial charge is 0.335 e. The first kappa shape index (κ1) is 33.7. The maximum Gasteiger partial charge on any atom is 0.335 e. The van der Waals surface area contributed by atoms with E-state index in [2.05, 4.69) is 10.6 Å². The summed E-state index contributed by atoms with van der Waals surface area (Å²) < 4.78 is 12.9. The van der Waals surface area contributed by atoms with Gasteiger partial charge in [0.2, 0.25) is 11.8 Å². The molecular formula is C36H37N3O7S. The Hall–Kier alpha value is -4.68. The molecule has 3 unspecified atom stereocenters.